The van der Waals surface area contributed by atoms with Gasteiger partial charge in [0.15, 0.2) is 26.1 Å². The van der Waals surface area contributed by atoms with Gasteiger partial charge >= 0.3 is 6.09 Å². The van der Waals surface area contributed by atoms with Crippen molar-refractivity contribution in [2.24, 2.45) is 11.8 Å². The fraction of sp³-hybridized carbons (Fsp3) is 0.649. The highest BCUT2D eigenvalue weighted by Crippen LogP contribution is 2.38. The van der Waals surface area contributed by atoms with Gasteiger partial charge in [0, 0.05) is 38.1 Å². The van der Waals surface area contributed by atoms with E-state index in [9.17, 15) is 23.4 Å². The molecule has 0 saturated carbocycles. The first-order valence-electron chi connectivity index (χ1n) is 18.2. The number of fused-ring (bicyclic) bond motifs is 2. The fourth-order valence-electron chi connectivity index (χ4n) is 6.63. The van der Waals surface area contributed by atoms with Crippen LogP contribution >= 0.6 is 0 Å². The first kappa shape index (κ1) is 40.3. The molecule has 0 aromatic heterocycles. The summed E-state index contributed by atoms with van der Waals surface area (Å²) in [5.41, 5.74) is 0.760. The molecule has 0 unspecified atom stereocenters. The Morgan fingerprint density at radius 1 is 1.02 bits per heavy atom. The molecule has 0 aliphatic carbocycles. The number of aliphatic hydroxyl groups is 1. The average Bonchev–Trinajstić information content (AvgIpc) is 3.82. The Balaban J connectivity index is 1.34. The van der Waals surface area contributed by atoms with E-state index < -0.39 is 48.9 Å². The number of sulfonamides is 1. The molecule has 2 fully saturated rings. The van der Waals surface area contributed by atoms with Crippen molar-refractivity contribution in [3.63, 3.8) is 0 Å². The SMILES string of the molecule is CC(C)CN(C[C@@H](O)[C@H](Cc1ccc(OCCCO[Si](C)(C)C(C)(C)C)cc1)N(C(=O)O)[C@H]1CO[C@H]2OCC[C@H]21)S(=O)(=O)c1ccc2c(c1)OCO2. The standard InChI is InChI=1S/C37H56N2O11SSi/c1-25(2)21-38(51(43,44)28-13-14-33-34(20-28)49-24-48-33)22-32(40)30(39(36(41)42)31-23-47-35-29(31)15-18-46-35)19-26-9-11-27(12-10-26)45-16-8-17-50-52(6,7)37(3,4)5/h9-14,20,25,29-32,35,40H,8,15-19,21-24H2,1-7H3,(H,41,42)/t29-,30-,31-,32+,35+/m0/s1. The van der Waals surface area contributed by atoms with Gasteiger partial charge in [-0.2, -0.15) is 4.31 Å². The molecule has 3 aliphatic rings. The number of benzene rings is 2. The normalized spacial score (nSPS) is 21.4. The Kier molecular flexibility index (Phi) is 12.9. The maximum Gasteiger partial charge on any atom is 0.407 e. The van der Waals surface area contributed by atoms with E-state index in [1.165, 1.54) is 21.3 Å². The van der Waals surface area contributed by atoms with Crippen LogP contribution < -0.4 is 14.2 Å². The number of carboxylic acid groups (broad SMARTS) is 1. The second kappa shape index (κ2) is 16.6. The Hall–Kier alpha value is -2.92. The number of ether oxygens (including phenoxy) is 5. The highest BCUT2D eigenvalue weighted by Gasteiger charge is 2.49. The Morgan fingerprint density at radius 2 is 1.73 bits per heavy atom. The third kappa shape index (κ3) is 9.41. The molecule has 0 bridgehead atoms. The fourth-order valence-corrected chi connectivity index (χ4v) is 9.35. The van der Waals surface area contributed by atoms with E-state index in [1.54, 1.807) is 6.07 Å². The van der Waals surface area contributed by atoms with E-state index in [4.69, 9.17) is 28.1 Å². The van der Waals surface area contributed by atoms with Crippen LogP contribution in [0.1, 0.15) is 53.0 Å². The summed E-state index contributed by atoms with van der Waals surface area (Å²) < 4.78 is 64.0. The molecule has 3 aliphatic heterocycles. The lowest BCUT2D eigenvalue weighted by molar-refractivity contribution is -0.0906. The monoisotopic (exact) mass is 764 g/mol. The molecule has 290 valence electrons. The minimum Gasteiger partial charge on any atom is -0.494 e. The molecule has 5 atom stereocenters. The maximum absolute atomic E-state index is 14.1. The summed E-state index contributed by atoms with van der Waals surface area (Å²) in [6, 6.07) is 10.2. The first-order chi connectivity index (χ1) is 24.5. The van der Waals surface area contributed by atoms with Crippen molar-refractivity contribution in [2.45, 2.75) is 101 Å². The van der Waals surface area contributed by atoms with E-state index >= 15 is 0 Å². The van der Waals surface area contributed by atoms with Crippen LogP contribution in [0.25, 0.3) is 0 Å². The van der Waals surface area contributed by atoms with Crippen molar-refractivity contribution < 1.29 is 51.5 Å². The van der Waals surface area contributed by atoms with Gasteiger partial charge in [0.1, 0.15) is 5.75 Å². The number of hydrogen-bond acceptors (Lipinski definition) is 10. The average molecular weight is 765 g/mol. The third-order valence-corrected chi connectivity index (χ3v) is 16.9. The van der Waals surface area contributed by atoms with E-state index in [2.05, 4.69) is 33.9 Å². The summed E-state index contributed by atoms with van der Waals surface area (Å²) in [7, 11) is -5.96. The number of carbonyl (C=O) groups is 1. The molecule has 1 amide bonds. The van der Waals surface area contributed by atoms with Crippen LogP contribution in [-0.4, -0.2) is 113 Å². The van der Waals surface area contributed by atoms with E-state index in [1.807, 2.05) is 38.1 Å². The van der Waals surface area contributed by atoms with Crippen LogP contribution in [0, 0.1) is 11.8 Å². The van der Waals surface area contributed by atoms with Crippen LogP contribution in [0.3, 0.4) is 0 Å². The molecule has 5 rings (SSSR count). The highest BCUT2D eigenvalue weighted by molar-refractivity contribution is 7.89. The Bertz CT molecular complexity index is 1620. The largest absolute Gasteiger partial charge is 0.494 e. The van der Waals surface area contributed by atoms with E-state index in [0.29, 0.717) is 43.5 Å². The van der Waals surface area contributed by atoms with Gasteiger partial charge in [-0.05, 0) is 66.7 Å². The predicted octanol–water partition coefficient (Wildman–Crippen LogP) is 5.57. The predicted molar refractivity (Wildman–Crippen MR) is 197 cm³/mol. The lowest BCUT2D eigenvalue weighted by Gasteiger charge is -2.39. The topological polar surface area (TPSA) is 154 Å². The highest BCUT2D eigenvalue weighted by atomic mass is 32.2. The van der Waals surface area contributed by atoms with E-state index in [-0.39, 0.29) is 54.7 Å². The molecule has 2 N–H and O–H groups in total. The van der Waals surface area contributed by atoms with Crippen molar-refractivity contribution in [3.05, 3.63) is 48.0 Å². The van der Waals surface area contributed by atoms with Crippen molar-refractivity contribution in [1.29, 1.82) is 0 Å². The van der Waals surface area contributed by atoms with Gasteiger partial charge in [-0.15, -0.1) is 0 Å². The number of aliphatic hydroxyl groups excluding tert-OH is 1. The van der Waals surface area contributed by atoms with Gasteiger partial charge in [-0.25, -0.2) is 13.2 Å². The van der Waals surface area contributed by atoms with Crippen LogP contribution in [-0.2, 0) is 30.3 Å². The van der Waals surface area contributed by atoms with Crippen LogP contribution in [0.5, 0.6) is 17.2 Å². The minimum absolute atomic E-state index is 0.00276. The molecule has 2 aromatic carbocycles. The molecule has 3 heterocycles. The molecular formula is C37H56N2O11SSi. The number of nitrogens with zero attached hydrogens (tertiary/aromatic N) is 2. The zero-order valence-corrected chi connectivity index (χ0v) is 33.3. The van der Waals surface area contributed by atoms with Crippen molar-refractivity contribution in [3.8, 4) is 17.2 Å². The molecule has 2 saturated heterocycles. The molecular weight excluding hydrogens is 709 g/mol. The van der Waals surface area contributed by atoms with Gasteiger partial charge in [-0.1, -0.05) is 46.8 Å². The van der Waals surface area contributed by atoms with Crippen LogP contribution in [0.4, 0.5) is 4.79 Å². The summed E-state index contributed by atoms with van der Waals surface area (Å²) in [4.78, 5) is 14.3. The summed E-state index contributed by atoms with van der Waals surface area (Å²) in [5.74, 6) is 1.15. The van der Waals surface area contributed by atoms with Crippen molar-refractivity contribution in [1.82, 2.24) is 9.21 Å². The van der Waals surface area contributed by atoms with E-state index in [0.717, 1.165) is 12.0 Å². The molecule has 0 radical (unpaired) electrons. The van der Waals surface area contributed by atoms with Gasteiger partial charge in [0.2, 0.25) is 16.8 Å². The molecule has 52 heavy (non-hydrogen) atoms. The zero-order chi connectivity index (χ0) is 37.8. The molecule has 15 heteroatoms. The van der Waals surface area contributed by atoms with Gasteiger partial charge in [0.05, 0.1) is 42.9 Å². The number of amides is 1. The third-order valence-electron chi connectivity index (χ3n) is 10.5. The van der Waals surface area contributed by atoms with Gasteiger partial charge in [0.25, 0.3) is 0 Å². The smallest absolute Gasteiger partial charge is 0.407 e. The van der Waals surface area contributed by atoms with Crippen molar-refractivity contribution in [2.75, 3.05) is 46.3 Å². The Labute approximate surface area is 309 Å². The molecule has 0 spiro atoms. The maximum atomic E-state index is 14.1. The number of rotatable bonds is 17. The number of hydrogen-bond donors (Lipinski definition) is 2. The second-order valence-corrected chi connectivity index (χ2v) is 22.6. The van der Waals surface area contributed by atoms with Crippen LogP contribution in [0.2, 0.25) is 18.1 Å². The molecule has 13 nitrogen and oxygen atoms in total. The summed E-state index contributed by atoms with van der Waals surface area (Å²) in [6.45, 7) is 16.3. The summed E-state index contributed by atoms with van der Waals surface area (Å²) in [6.07, 6.45) is -1.64. The summed E-state index contributed by atoms with van der Waals surface area (Å²) in [5, 5.41) is 22.8. The first-order valence-corrected chi connectivity index (χ1v) is 22.5. The Morgan fingerprint density at radius 3 is 2.40 bits per heavy atom. The minimum atomic E-state index is -4.13. The van der Waals surface area contributed by atoms with Crippen molar-refractivity contribution >= 4 is 24.4 Å². The van der Waals surface area contributed by atoms with Gasteiger partial charge in [-0.3, -0.25) is 4.90 Å². The quantitative estimate of drug-likeness (QED) is 0.154. The zero-order valence-electron chi connectivity index (χ0n) is 31.4. The molecule has 2 aromatic rings. The van der Waals surface area contributed by atoms with Crippen LogP contribution in [0.15, 0.2) is 47.4 Å². The van der Waals surface area contributed by atoms with Gasteiger partial charge < -0.3 is 38.3 Å². The lowest BCUT2D eigenvalue weighted by atomic mass is 9.93. The summed E-state index contributed by atoms with van der Waals surface area (Å²) >= 11 is 0. The second-order valence-electron chi connectivity index (χ2n) is 15.8. The lowest BCUT2D eigenvalue weighted by Crippen LogP contribution is -2.57.